The molecule has 1 aromatic carbocycles. The number of pyridine rings is 1. The number of rotatable bonds is 3. The van der Waals surface area contributed by atoms with Crippen LogP contribution in [-0.2, 0) is 21.8 Å². The van der Waals surface area contributed by atoms with Crippen LogP contribution >= 0.6 is 0 Å². The minimum absolute atomic E-state index is 0.102. The highest BCUT2D eigenvalue weighted by atomic mass is 15.1. The second-order valence-electron chi connectivity index (χ2n) is 12.0. The lowest BCUT2D eigenvalue weighted by Gasteiger charge is -2.50. The summed E-state index contributed by atoms with van der Waals surface area (Å²) in [5.74, 6) is 0. The van der Waals surface area contributed by atoms with Gasteiger partial charge in [0.2, 0.25) is 5.69 Å². The van der Waals surface area contributed by atoms with Gasteiger partial charge in [0.25, 0.3) is 0 Å². The molecule has 1 atom stereocenters. The van der Waals surface area contributed by atoms with E-state index in [9.17, 15) is 0 Å². The normalized spacial score (nSPS) is 24.8. The van der Waals surface area contributed by atoms with E-state index < -0.39 is 0 Å². The number of hydrogen-bond acceptors (Lipinski definition) is 0. The Bertz CT molecular complexity index is 1030. The van der Waals surface area contributed by atoms with E-state index in [4.69, 9.17) is 0 Å². The van der Waals surface area contributed by atoms with Crippen LogP contribution < -0.4 is 4.57 Å². The predicted octanol–water partition coefficient (Wildman–Crippen LogP) is 7.80. The van der Waals surface area contributed by atoms with Crippen LogP contribution in [0.3, 0.4) is 0 Å². The van der Waals surface area contributed by atoms with E-state index in [0.717, 1.165) is 19.3 Å². The minimum Gasteiger partial charge on any atom is -0.192 e. The number of benzene rings is 1. The third-order valence-corrected chi connectivity index (χ3v) is 9.78. The van der Waals surface area contributed by atoms with Crippen molar-refractivity contribution in [3.05, 3.63) is 52.2 Å². The van der Waals surface area contributed by atoms with Crippen LogP contribution in [0, 0.1) is 13.8 Å². The van der Waals surface area contributed by atoms with Gasteiger partial charge >= 0.3 is 0 Å². The van der Waals surface area contributed by atoms with Gasteiger partial charge in [-0.15, -0.1) is 0 Å². The van der Waals surface area contributed by atoms with Gasteiger partial charge in [0.15, 0.2) is 11.7 Å². The lowest BCUT2D eigenvalue weighted by Crippen LogP contribution is -2.69. The Morgan fingerprint density at radius 1 is 0.710 bits per heavy atom. The lowest BCUT2D eigenvalue weighted by molar-refractivity contribution is -0.770. The SMILES string of the molecule is CCC1(C)c2cc3c(cc2-c2cc(C)c(C)c[n+]2C1(CC)CC)C(C)(C)CCC3(C)C. The molecule has 2 heterocycles. The molecule has 0 amide bonds. The molecule has 0 fully saturated rings. The topological polar surface area (TPSA) is 3.88 Å². The monoisotopic (exact) mass is 418 g/mol. The highest BCUT2D eigenvalue weighted by Crippen LogP contribution is 2.55. The largest absolute Gasteiger partial charge is 0.213 e. The van der Waals surface area contributed by atoms with Crippen LogP contribution in [0.1, 0.15) is 115 Å². The van der Waals surface area contributed by atoms with E-state index >= 15 is 0 Å². The Kier molecular flexibility index (Phi) is 5.04. The summed E-state index contributed by atoms with van der Waals surface area (Å²) in [6.07, 6.45) is 8.45. The Balaban J connectivity index is 2.18. The first-order valence-corrected chi connectivity index (χ1v) is 12.6. The first-order chi connectivity index (χ1) is 14.4. The van der Waals surface area contributed by atoms with Crippen molar-refractivity contribution in [1.29, 1.82) is 0 Å². The number of hydrogen-bond donors (Lipinski definition) is 0. The quantitative estimate of drug-likeness (QED) is 0.448. The molecule has 1 aromatic heterocycles. The van der Waals surface area contributed by atoms with Crippen LogP contribution in [0.5, 0.6) is 0 Å². The van der Waals surface area contributed by atoms with Gasteiger partial charge < -0.3 is 0 Å². The molecular weight excluding hydrogens is 374 g/mol. The van der Waals surface area contributed by atoms with Gasteiger partial charge in [-0.05, 0) is 79.2 Å². The fourth-order valence-corrected chi connectivity index (χ4v) is 7.00. The van der Waals surface area contributed by atoms with Gasteiger partial charge in [-0.25, -0.2) is 0 Å². The van der Waals surface area contributed by atoms with Crippen molar-refractivity contribution in [1.82, 2.24) is 0 Å². The molecule has 0 N–H and O–H groups in total. The molecule has 31 heavy (non-hydrogen) atoms. The third-order valence-electron chi connectivity index (χ3n) is 9.78. The summed E-state index contributed by atoms with van der Waals surface area (Å²) in [7, 11) is 0. The first kappa shape index (κ1) is 22.6. The third kappa shape index (κ3) is 2.84. The van der Waals surface area contributed by atoms with Gasteiger partial charge in [0, 0.05) is 24.5 Å². The van der Waals surface area contributed by atoms with Crippen LogP contribution in [0.2, 0.25) is 0 Å². The van der Waals surface area contributed by atoms with Crippen molar-refractivity contribution in [2.24, 2.45) is 0 Å². The smallest absolute Gasteiger partial charge is 0.192 e. The average molecular weight is 419 g/mol. The summed E-state index contributed by atoms with van der Waals surface area (Å²) in [6.45, 7) is 24.1. The summed E-state index contributed by atoms with van der Waals surface area (Å²) in [4.78, 5) is 0. The van der Waals surface area contributed by atoms with E-state index in [0.29, 0.717) is 0 Å². The minimum atomic E-state index is 0.102. The first-order valence-electron chi connectivity index (χ1n) is 12.6. The van der Waals surface area contributed by atoms with E-state index in [1.54, 1.807) is 16.7 Å². The number of aromatic nitrogens is 1. The fraction of sp³-hybridized carbons (Fsp3) is 0.633. The number of fused-ring (bicyclic) bond motifs is 4. The molecule has 0 spiro atoms. The summed E-state index contributed by atoms with van der Waals surface area (Å²) in [5, 5.41) is 0. The second-order valence-corrected chi connectivity index (χ2v) is 12.0. The lowest BCUT2D eigenvalue weighted by atomic mass is 9.56. The van der Waals surface area contributed by atoms with Gasteiger partial charge in [-0.1, -0.05) is 54.5 Å². The molecule has 1 aliphatic carbocycles. The zero-order valence-corrected chi connectivity index (χ0v) is 21.8. The van der Waals surface area contributed by atoms with E-state index in [1.165, 1.54) is 35.2 Å². The zero-order valence-electron chi connectivity index (χ0n) is 21.8. The van der Waals surface area contributed by atoms with Crippen LogP contribution in [-0.4, -0.2) is 0 Å². The molecular formula is C30H44N+. The maximum absolute atomic E-state index is 2.69. The van der Waals surface area contributed by atoms with Crippen LogP contribution in [0.25, 0.3) is 11.3 Å². The zero-order chi connectivity index (χ0) is 23.0. The number of aryl methyl sites for hydroxylation is 2. The Labute approximate surface area is 191 Å². The standard InChI is InChI=1S/C30H44N/c1-11-29(10)23-18-25-24(27(6,7)14-15-28(25,8)9)17-22(23)26-16-20(4)21(5)19-31(26)30(29,12-2)13-3/h16-19H,11-15H2,1-10H3/q+1. The Morgan fingerprint density at radius 3 is 1.77 bits per heavy atom. The highest BCUT2D eigenvalue weighted by Gasteiger charge is 2.59. The van der Waals surface area contributed by atoms with Crippen molar-refractivity contribution >= 4 is 0 Å². The summed E-state index contributed by atoms with van der Waals surface area (Å²) < 4.78 is 2.69. The van der Waals surface area contributed by atoms with Crippen LogP contribution in [0.15, 0.2) is 24.4 Å². The molecule has 168 valence electrons. The van der Waals surface area contributed by atoms with Crippen molar-refractivity contribution in [3.8, 4) is 11.3 Å². The summed E-state index contributed by atoms with van der Waals surface area (Å²) in [6, 6.07) is 7.74. The average Bonchev–Trinajstić information content (AvgIpc) is 2.73. The molecule has 4 rings (SSSR count). The van der Waals surface area contributed by atoms with Crippen molar-refractivity contribution < 1.29 is 4.57 Å². The molecule has 1 heteroatoms. The van der Waals surface area contributed by atoms with Gasteiger partial charge in [0.1, 0.15) is 0 Å². The van der Waals surface area contributed by atoms with E-state index in [-0.39, 0.29) is 21.8 Å². The molecule has 1 nitrogen and oxygen atoms in total. The molecule has 2 aromatic rings. The van der Waals surface area contributed by atoms with Crippen molar-refractivity contribution in [2.45, 2.75) is 123 Å². The van der Waals surface area contributed by atoms with Crippen LogP contribution in [0.4, 0.5) is 0 Å². The maximum atomic E-state index is 2.69. The van der Waals surface area contributed by atoms with E-state index in [2.05, 4.69) is 98.2 Å². The van der Waals surface area contributed by atoms with E-state index in [1.807, 2.05) is 0 Å². The second kappa shape index (κ2) is 6.93. The molecule has 0 bridgehead atoms. The Hall–Kier alpha value is -1.63. The molecule has 1 unspecified atom stereocenters. The van der Waals surface area contributed by atoms with Crippen molar-refractivity contribution in [3.63, 3.8) is 0 Å². The molecule has 2 aliphatic rings. The van der Waals surface area contributed by atoms with Crippen molar-refractivity contribution in [2.75, 3.05) is 0 Å². The Morgan fingerprint density at radius 2 is 1.26 bits per heavy atom. The van der Waals surface area contributed by atoms with Gasteiger partial charge in [0.05, 0.1) is 11.0 Å². The van der Waals surface area contributed by atoms with Gasteiger partial charge in [-0.3, -0.25) is 0 Å². The summed E-state index contributed by atoms with van der Waals surface area (Å²) >= 11 is 0. The maximum Gasteiger partial charge on any atom is 0.213 e. The highest BCUT2D eigenvalue weighted by molar-refractivity contribution is 5.70. The molecule has 0 saturated heterocycles. The fourth-order valence-electron chi connectivity index (χ4n) is 7.00. The molecule has 0 saturated carbocycles. The molecule has 1 aliphatic heterocycles. The molecule has 0 radical (unpaired) electrons. The van der Waals surface area contributed by atoms with Gasteiger partial charge in [-0.2, -0.15) is 4.57 Å². The predicted molar refractivity (Wildman–Crippen MR) is 133 cm³/mol. The summed E-state index contributed by atoms with van der Waals surface area (Å²) in [5.41, 5.74) is 11.2. The number of nitrogens with zero attached hydrogens (tertiary/aromatic N) is 1.